The Bertz CT molecular complexity index is 621. The van der Waals surface area contributed by atoms with Gasteiger partial charge in [0, 0.05) is 23.0 Å². The van der Waals surface area contributed by atoms with Gasteiger partial charge in [0.1, 0.15) is 11.6 Å². The summed E-state index contributed by atoms with van der Waals surface area (Å²) < 4.78 is 27.0. The van der Waals surface area contributed by atoms with Crippen molar-refractivity contribution in [1.29, 1.82) is 0 Å². The largest absolute Gasteiger partial charge is 0.315 e. The van der Waals surface area contributed by atoms with Gasteiger partial charge in [-0.15, -0.1) is 0 Å². The zero-order valence-electron chi connectivity index (χ0n) is 10.8. The van der Waals surface area contributed by atoms with Gasteiger partial charge in [-0.1, -0.05) is 34.1 Å². The quantitative estimate of drug-likeness (QED) is 0.897. The number of rotatable bonds is 3. The van der Waals surface area contributed by atoms with Gasteiger partial charge in [-0.25, -0.2) is 8.78 Å². The summed E-state index contributed by atoms with van der Waals surface area (Å²) in [5.41, 5.74) is 2.15. The molecule has 1 heterocycles. The van der Waals surface area contributed by atoms with Gasteiger partial charge < -0.3 is 5.32 Å². The molecule has 104 valence electrons. The highest BCUT2D eigenvalue weighted by atomic mass is 79.9. The fraction of sp³-hybridized carbons (Fsp3) is 0.250. The molecule has 0 aliphatic carbocycles. The Morgan fingerprint density at radius 3 is 2.20 bits per heavy atom. The second-order valence-corrected chi connectivity index (χ2v) is 6.16. The summed E-state index contributed by atoms with van der Waals surface area (Å²) in [5.74, 6) is -0.470. The SMILES string of the molecule is Fc1ccc(C2(Cc3ccc(F)cc3Br)CNC2)cc1. The first-order valence-corrected chi connectivity index (χ1v) is 7.29. The minimum absolute atomic E-state index is 0.0337. The van der Waals surface area contributed by atoms with Crippen LogP contribution in [-0.2, 0) is 11.8 Å². The van der Waals surface area contributed by atoms with Crippen molar-refractivity contribution in [3.05, 3.63) is 69.7 Å². The molecule has 2 aromatic rings. The average molecular weight is 338 g/mol. The molecule has 0 atom stereocenters. The third-order valence-corrected chi connectivity index (χ3v) is 4.67. The topological polar surface area (TPSA) is 12.0 Å². The van der Waals surface area contributed by atoms with Gasteiger partial charge >= 0.3 is 0 Å². The molecule has 0 unspecified atom stereocenters. The van der Waals surface area contributed by atoms with E-state index in [9.17, 15) is 8.78 Å². The normalized spacial score (nSPS) is 16.8. The van der Waals surface area contributed by atoms with Crippen molar-refractivity contribution in [2.45, 2.75) is 11.8 Å². The van der Waals surface area contributed by atoms with Crippen LogP contribution in [0.5, 0.6) is 0 Å². The molecule has 0 amide bonds. The summed E-state index contributed by atoms with van der Waals surface area (Å²) in [6.45, 7) is 1.70. The number of halogens is 3. The summed E-state index contributed by atoms with van der Waals surface area (Å²) in [6.07, 6.45) is 0.798. The first-order chi connectivity index (χ1) is 9.59. The lowest BCUT2D eigenvalue weighted by Crippen LogP contribution is -2.58. The van der Waals surface area contributed by atoms with Crippen molar-refractivity contribution < 1.29 is 8.78 Å². The number of hydrogen-bond acceptors (Lipinski definition) is 1. The van der Waals surface area contributed by atoms with E-state index in [1.54, 1.807) is 0 Å². The van der Waals surface area contributed by atoms with Crippen molar-refractivity contribution in [2.75, 3.05) is 13.1 Å². The molecule has 0 aromatic heterocycles. The lowest BCUT2D eigenvalue weighted by Gasteiger charge is -2.43. The number of hydrogen-bond donors (Lipinski definition) is 1. The maximum absolute atomic E-state index is 13.2. The van der Waals surface area contributed by atoms with E-state index in [2.05, 4.69) is 21.2 Å². The van der Waals surface area contributed by atoms with Gasteiger partial charge in [-0.05, 0) is 41.8 Å². The van der Waals surface area contributed by atoms with E-state index in [1.807, 2.05) is 18.2 Å². The summed E-state index contributed by atoms with van der Waals surface area (Å²) >= 11 is 3.42. The Hall–Kier alpha value is -1.26. The van der Waals surface area contributed by atoms with Crippen LogP contribution in [0.4, 0.5) is 8.78 Å². The lowest BCUT2D eigenvalue weighted by atomic mass is 9.71. The summed E-state index contributed by atoms with van der Waals surface area (Å²) in [4.78, 5) is 0. The van der Waals surface area contributed by atoms with Crippen LogP contribution >= 0.6 is 15.9 Å². The van der Waals surface area contributed by atoms with Gasteiger partial charge in [0.05, 0.1) is 0 Å². The first kappa shape index (κ1) is 13.7. The van der Waals surface area contributed by atoms with Crippen LogP contribution in [0.15, 0.2) is 46.9 Å². The molecule has 0 spiro atoms. The molecule has 1 aliphatic rings. The molecular weight excluding hydrogens is 324 g/mol. The van der Waals surface area contributed by atoms with Crippen molar-refractivity contribution in [1.82, 2.24) is 5.32 Å². The average Bonchev–Trinajstić information content (AvgIpc) is 2.37. The second-order valence-electron chi connectivity index (χ2n) is 5.30. The van der Waals surface area contributed by atoms with Crippen molar-refractivity contribution in [2.24, 2.45) is 0 Å². The number of nitrogens with one attached hydrogen (secondary N) is 1. The lowest BCUT2D eigenvalue weighted by molar-refractivity contribution is 0.274. The van der Waals surface area contributed by atoms with Gasteiger partial charge in [0.2, 0.25) is 0 Å². The Morgan fingerprint density at radius 2 is 1.65 bits per heavy atom. The standard InChI is InChI=1S/C16H14BrF2N/c17-15-7-14(19)4-1-11(15)8-16(9-20-10-16)12-2-5-13(18)6-3-12/h1-7,20H,8-10H2. The Balaban J connectivity index is 1.91. The van der Waals surface area contributed by atoms with Crippen molar-refractivity contribution in [3.8, 4) is 0 Å². The van der Waals surface area contributed by atoms with E-state index in [-0.39, 0.29) is 17.0 Å². The van der Waals surface area contributed by atoms with Gasteiger partial charge in [-0.2, -0.15) is 0 Å². The van der Waals surface area contributed by atoms with E-state index in [0.29, 0.717) is 0 Å². The molecule has 1 aliphatic heterocycles. The van der Waals surface area contributed by atoms with Crippen LogP contribution in [0, 0.1) is 11.6 Å². The van der Waals surface area contributed by atoms with Crippen LogP contribution in [0.25, 0.3) is 0 Å². The van der Waals surface area contributed by atoms with Crippen LogP contribution < -0.4 is 5.32 Å². The molecule has 0 saturated carbocycles. The Morgan fingerprint density at radius 1 is 1.00 bits per heavy atom. The fourth-order valence-corrected chi connectivity index (χ4v) is 3.18. The van der Waals surface area contributed by atoms with Crippen molar-refractivity contribution in [3.63, 3.8) is 0 Å². The van der Waals surface area contributed by atoms with Gasteiger partial charge in [0.25, 0.3) is 0 Å². The molecule has 20 heavy (non-hydrogen) atoms. The molecule has 3 rings (SSSR count). The molecule has 4 heteroatoms. The molecule has 1 nitrogen and oxygen atoms in total. The van der Waals surface area contributed by atoms with E-state index < -0.39 is 0 Å². The molecule has 1 saturated heterocycles. The molecule has 0 bridgehead atoms. The number of benzene rings is 2. The summed E-state index contributed by atoms with van der Waals surface area (Å²) in [6, 6.07) is 11.4. The first-order valence-electron chi connectivity index (χ1n) is 6.50. The van der Waals surface area contributed by atoms with E-state index >= 15 is 0 Å². The van der Waals surface area contributed by atoms with Crippen LogP contribution in [0.1, 0.15) is 11.1 Å². The highest BCUT2D eigenvalue weighted by Crippen LogP contribution is 2.34. The second kappa shape index (κ2) is 5.26. The molecule has 1 fully saturated rings. The monoisotopic (exact) mass is 337 g/mol. The zero-order chi connectivity index (χ0) is 14.2. The minimum atomic E-state index is -0.247. The minimum Gasteiger partial charge on any atom is -0.315 e. The van der Waals surface area contributed by atoms with Crippen LogP contribution in [0.2, 0.25) is 0 Å². The maximum Gasteiger partial charge on any atom is 0.124 e. The van der Waals surface area contributed by atoms with Gasteiger partial charge in [0.15, 0.2) is 0 Å². The summed E-state index contributed by atoms with van der Waals surface area (Å²) in [5, 5.41) is 3.28. The Labute approximate surface area is 125 Å². The highest BCUT2D eigenvalue weighted by molar-refractivity contribution is 9.10. The Kier molecular flexibility index (Phi) is 3.61. The van der Waals surface area contributed by atoms with Gasteiger partial charge in [-0.3, -0.25) is 0 Å². The zero-order valence-corrected chi connectivity index (χ0v) is 12.4. The predicted molar refractivity (Wildman–Crippen MR) is 78.8 cm³/mol. The fourth-order valence-electron chi connectivity index (χ4n) is 2.69. The van der Waals surface area contributed by atoms with E-state index in [0.717, 1.165) is 35.1 Å². The third-order valence-electron chi connectivity index (χ3n) is 3.93. The maximum atomic E-state index is 13.2. The highest BCUT2D eigenvalue weighted by Gasteiger charge is 2.39. The third kappa shape index (κ3) is 2.50. The smallest absolute Gasteiger partial charge is 0.124 e. The molecule has 1 N–H and O–H groups in total. The molecule has 0 radical (unpaired) electrons. The van der Waals surface area contributed by atoms with E-state index in [4.69, 9.17) is 0 Å². The van der Waals surface area contributed by atoms with Crippen LogP contribution in [0.3, 0.4) is 0 Å². The molecule has 2 aromatic carbocycles. The van der Waals surface area contributed by atoms with Crippen molar-refractivity contribution >= 4 is 15.9 Å². The predicted octanol–water partition coefficient (Wildman–Crippen LogP) is 3.81. The van der Waals surface area contributed by atoms with E-state index in [1.165, 1.54) is 24.3 Å². The van der Waals surface area contributed by atoms with Crippen LogP contribution in [-0.4, -0.2) is 13.1 Å². The molecular formula is C16H14BrF2N. The summed E-state index contributed by atoms with van der Waals surface area (Å²) in [7, 11) is 0.